The highest BCUT2D eigenvalue weighted by molar-refractivity contribution is 9.09. The number of nitrogens with zero attached hydrogens (tertiary/aromatic N) is 1. The van der Waals surface area contributed by atoms with Crippen molar-refractivity contribution in [3.63, 3.8) is 0 Å². The minimum Gasteiger partial charge on any atom is -0.309 e. The van der Waals surface area contributed by atoms with Gasteiger partial charge >= 0.3 is 0 Å². The number of amides is 1. The van der Waals surface area contributed by atoms with Gasteiger partial charge in [-0.05, 0) is 42.3 Å². The molecule has 4 rings (SSSR count). The minimum atomic E-state index is -0.268. The van der Waals surface area contributed by atoms with E-state index in [0.29, 0.717) is 32.6 Å². The van der Waals surface area contributed by atoms with E-state index in [9.17, 15) is 9.59 Å². The van der Waals surface area contributed by atoms with Crippen LogP contribution in [0.3, 0.4) is 0 Å². The summed E-state index contributed by atoms with van der Waals surface area (Å²) in [6.45, 7) is 1.88. The largest absolute Gasteiger partial charge is 0.309 e. The molecule has 7 heteroatoms. The van der Waals surface area contributed by atoms with E-state index >= 15 is 0 Å². The molecule has 2 aromatic rings. The summed E-state index contributed by atoms with van der Waals surface area (Å²) in [7, 11) is 0. The van der Waals surface area contributed by atoms with Crippen LogP contribution in [0.1, 0.15) is 33.0 Å². The second kappa shape index (κ2) is 6.89. The molecular formula is C20H13BrCl2N2O2. The van der Waals surface area contributed by atoms with Crippen LogP contribution in [0.5, 0.6) is 0 Å². The van der Waals surface area contributed by atoms with E-state index in [0.717, 1.165) is 16.8 Å². The van der Waals surface area contributed by atoms with Crippen LogP contribution in [0.25, 0.3) is 5.57 Å². The highest BCUT2D eigenvalue weighted by Crippen LogP contribution is 2.41. The number of carbonyl (C=O) groups excluding carboxylic acids is 2. The van der Waals surface area contributed by atoms with Crippen molar-refractivity contribution >= 4 is 67.9 Å². The normalized spacial score (nSPS) is 17.6. The van der Waals surface area contributed by atoms with Crippen molar-refractivity contribution in [2.24, 2.45) is 4.99 Å². The summed E-state index contributed by atoms with van der Waals surface area (Å²) in [5, 5.41) is 4.01. The van der Waals surface area contributed by atoms with Crippen LogP contribution in [-0.2, 0) is 4.79 Å². The summed E-state index contributed by atoms with van der Waals surface area (Å²) < 4.78 is 0. The topological polar surface area (TPSA) is 58.5 Å². The standard InChI is InChI=1S/C20H13BrCl2N2O2/c1-9-4-17-13(6-12(9)18(26)8-21)14-7-15(20(27)25-19(14)24-17)11-3-2-10(22)5-16(11)23/h2-7,14H,8H2,1H3,(H,24,25,27). The number of benzene rings is 2. The van der Waals surface area contributed by atoms with Gasteiger partial charge in [0.15, 0.2) is 5.78 Å². The predicted molar refractivity (Wildman–Crippen MR) is 112 cm³/mol. The number of rotatable bonds is 3. The number of aliphatic imine (C=N–C) groups is 1. The van der Waals surface area contributed by atoms with Crippen molar-refractivity contribution in [2.75, 3.05) is 5.33 Å². The van der Waals surface area contributed by atoms with Crippen LogP contribution in [0, 0.1) is 6.92 Å². The maximum Gasteiger partial charge on any atom is 0.256 e. The number of fused-ring (bicyclic) bond motifs is 3. The van der Waals surface area contributed by atoms with E-state index in [1.807, 2.05) is 25.1 Å². The van der Waals surface area contributed by atoms with Gasteiger partial charge < -0.3 is 5.32 Å². The molecule has 136 valence electrons. The fourth-order valence-electron chi connectivity index (χ4n) is 3.39. The third kappa shape index (κ3) is 3.14. The smallest absolute Gasteiger partial charge is 0.256 e. The van der Waals surface area contributed by atoms with Crippen LogP contribution in [0.15, 0.2) is 41.4 Å². The molecule has 1 unspecified atom stereocenters. The molecule has 2 heterocycles. The lowest BCUT2D eigenvalue weighted by atomic mass is 9.88. The molecule has 1 N–H and O–H groups in total. The lowest BCUT2D eigenvalue weighted by molar-refractivity contribution is -0.114. The van der Waals surface area contributed by atoms with Gasteiger partial charge in [0.25, 0.3) is 5.91 Å². The Labute approximate surface area is 174 Å². The molecule has 2 aromatic carbocycles. The summed E-state index contributed by atoms with van der Waals surface area (Å²) in [5.74, 6) is 0.0673. The van der Waals surface area contributed by atoms with Gasteiger partial charge in [0.2, 0.25) is 0 Å². The lowest BCUT2D eigenvalue weighted by Crippen LogP contribution is -2.37. The van der Waals surface area contributed by atoms with Gasteiger partial charge in [-0.3, -0.25) is 9.59 Å². The molecule has 0 saturated carbocycles. The van der Waals surface area contributed by atoms with Crippen LogP contribution < -0.4 is 5.32 Å². The zero-order chi connectivity index (χ0) is 19.3. The molecular weight excluding hydrogens is 451 g/mol. The van der Waals surface area contributed by atoms with Crippen LogP contribution >= 0.6 is 39.1 Å². The summed E-state index contributed by atoms with van der Waals surface area (Å²) in [4.78, 5) is 29.3. The number of hydrogen-bond acceptors (Lipinski definition) is 3. The quantitative estimate of drug-likeness (QED) is 0.501. The molecule has 0 aromatic heterocycles. The molecule has 0 saturated heterocycles. The predicted octanol–water partition coefficient (Wildman–Crippen LogP) is 5.22. The second-order valence-corrected chi connectivity index (χ2v) is 7.82. The van der Waals surface area contributed by atoms with Crippen LogP contribution in [0.2, 0.25) is 10.0 Å². The Kier molecular flexibility index (Phi) is 4.70. The first-order valence-corrected chi connectivity index (χ1v) is 10.1. The average molecular weight is 464 g/mol. The van der Waals surface area contributed by atoms with Gasteiger partial charge in [-0.1, -0.05) is 51.3 Å². The highest BCUT2D eigenvalue weighted by Gasteiger charge is 2.34. The maximum absolute atomic E-state index is 12.6. The zero-order valence-corrected chi connectivity index (χ0v) is 17.2. The molecule has 0 radical (unpaired) electrons. The number of halogens is 3. The van der Waals surface area contributed by atoms with Crippen LogP contribution in [0.4, 0.5) is 5.69 Å². The van der Waals surface area contributed by atoms with Crippen molar-refractivity contribution in [3.8, 4) is 0 Å². The van der Waals surface area contributed by atoms with E-state index in [2.05, 4.69) is 26.2 Å². The first-order valence-electron chi connectivity index (χ1n) is 8.20. The monoisotopic (exact) mass is 462 g/mol. The number of Topliss-reactive ketones (excluding diaryl/α,β-unsaturated/α-hetero) is 1. The zero-order valence-electron chi connectivity index (χ0n) is 14.1. The third-order valence-electron chi connectivity index (χ3n) is 4.71. The summed E-state index contributed by atoms with van der Waals surface area (Å²) in [6, 6.07) is 8.77. The Bertz CT molecular complexity index is 1080. The molecule has 0 bridgehead atoms. The number of carbonyl (C=O) groups is 2. The van der Waals surface area contributed by atoms with E-state index < -0.39 is 0 Å². The van der Waals surface area contributed by atoms with Gasteiger partial charge in [-0.25, -0.2) is 4.99 Å². The van der Waals surface area contributed by atoms with Crippen molar-refractivity contribution in [1.29, 1.82) is 0 Å². The van der Waals surface area contributed by atoms with Crippen LogP contribution in [-0.4, -0.2) is 22.9 Å². The first kappa shape index (κ1) is 18.4. The number of alkyl halides is 1. The molecule has 0 aliphatic carbocycles. The lowest BCUT2D eigenvalue weighted by Gasteiger charge is -2.21. The Balaban J connectivity index is 1.83. The van der Waals surface area contributed by atoms with Crippen molar-refractivity contribution in [3.05, 3.63) is 68.7 Å². The van der Waals surface area contributed by atoms with Gasteiger partial charge in [0, 0.05) is 21.7 Å². The fraction of sp³-hybridized carbons (Fsp3) is 0.150. The molecule has 4 nitrogen and oxygen atoms in total. The fourth-order valence-corrected chi connectivity index (χ4v) is 4.21. The van der Waals surface area contributed by atoms with Crippen molar-refractivity contribution < 1.29 is 9.59 Å². The number of amidine groups is 1. The summed E-state index contributed by atoms with van der Waals surface area (Å²) in [5.41, 5.74) is 4.23. The number of aryl methyl sites for hydroxylation is 1. The summed E-state index contributed by atoms with van der Waals surface area (Å²) in [6.07, 6.45) is 1.84. The van der Waals surface area contributed by atoms with E-state index in [-0.39, 0.29) is 22.9 Å². The van der Waals surface area contributed by atoms with Gasteiger partial charge in [-0.2, -0.15) is 0 Å². The number of ketones is 1. The Morgan fingerprint density at radius 3 is 2.74 bits per heavy atom. The second-order valence-electron chi connectivity index (χ2n) is 6.42. The van der Waals surface area contributed by atoms with Crippen molar-refractivity contribution in [2.45, 2.75) is 12.8 Å². The molecule has 2 aliphatic heterocycles. The maximum atomic E-state index is 12.6. The minimum absolute atomic E-state index is 0.00791. The highest BCUT2D eigenvalue weighted by atomic mass is 79.9. The third-order valence-corrected chi connectivity index (χ3v) is 5.76. The van der Waals surface area contributed by atoms with Gasteiger partial charge in [0.1, 0.15) is 5.84 Å². The molecule has 0 fully saturated rings. The number of hydrogen-bond donors (Lipinski definition) is 1. The Morgan fingerprint density at radius 2 is 2.04 bits per heavy atom. The Hall–Kier alpha value is -1.95. The Morgan fingerprint density at radius 1 is 1.26 bits per heavy atom. The van der Waals surface area contributed by atoms with E-state index in [1.165, 1.54) is 0 Å². The van der Waals surface area contributed by atoms with E-state index in [4.69, 9.17) is 23.2 Å². The SMILES string of the molecule is Cc1cc2c(cc1C(=O)CBr)C1C=C(c3ccc(Cl)cc3Cl)C(=O)NC1=N2. The van der Waals surface area contributed by atoms with E-state index in [1.54, 1.807) is 18.2 Å². The number of nitrogens with one attached hydrogen (secondary N) is 1. The molecule has 2 aliphatic rings. The molecule has 27 heavy (non-hydrogen) atoms. The molecule has 1 amide bonds. The van der Waals surface area contributed by atoms with Crippen molar-refractivity contribution in [1.82, 2.24) is 5.32 Å². The molecule has 0 spiro atoms. The summed E-state index contributed by atoms with van der Waals surface area (Å²) >= 11 is 15.5. The average Bonchev–Trinajstić information content (AvgIpc) is 2.96. The first-order chi connectivity index (χ1) is 12.9. The molecule has 1 atom stereocenters. The van der Waals surface area contributed by atoms with Gasteiger partial charge in [-0.15, -0.1) is 0 Å². The van der Waals surface area contributed by atoms with Gasteiger partial charge in [0.05, 0.1) is 22.0 Å².